The van der Waals surface area contributed by atoms with Gasteiger partial charge in [0.2, 0.25) is 0 Å². The Morgan fingerprint density at radius 1 is 1.00 bits per heavy atom. The van der Waals surface area contributed by atoms with Crippen LogP contribution in [0.3, 0.4) is 0 Å². The van der Waals surface area contributed by atoms with Gasteiger partial charge in [-0.3, -0.25) is 0 Å². The van der Waals surface area contributed by atoms with E-state index in [4.69, 9.17) is 4.74 Å². The van der Waals surface area contributed by atoms with Gasteiger partial charge in [-0.15, -0.1) is 5.10 Å². The number of nitrogens with zero attached hydrogens (tertiary/aromatic N) is 3. The highest BCUT2D eigenvalue weighted by Crippen LogP contribution is 2.36. The van der Waals surface area contributed by atoms with E-state index in [0.717, 1.165) is 0 Å². The Labute approximate surface area is 181 Å². The first-order valence-corrected chi connectivity index (χ1v) is 9.40. The van der Waals surface area contributed by atoms with Gasteiger partial charge in [-0.2, -0.15) is 0 Å². The number of hydrogen-bond donors (Lipinski definition) is 2. The van der Waals surface area contributed by atoms with E-state index < -0.39 is 17.8 Å². The van der Waals surface area contributed by atoms with Crippen LogP contribution in [0.5, 0.6) is 11.5 Å². The van der Waals surface area contributed by atoms with Gasteiger partial charge in [-0.1, -0.05) is 29.5 Å². The quantitative estimate of drug-likeness (QED) is 0.458. The van der Waals surface area contributed by atoms with Crippen molar-refractivity contribution in [1.82, 2.24) is 15.0 Å². The second-order valence-corrected chi connectivity index (χ2v) is 6.85. The van der Waals surface area contributed by atoms with E-state index in [-0.39, 0.29) is 28.2 Å². The summed E-state index contributed by atoms with van der Waals surface area (Å²) >= 11 is 0. The van der Waals surface area contributed by atoms with Gasteiger partial charge >= 0.3 is 11.9 Å². The topological polar surface area (TPSA) is 115 Å². The van der Waals surface area contributed by atoms with Gasteiger partial charge in [-0.25, -0.2) is 18.7 Å². The van der Waals surface area contributed by atoms with E-state index in [1.807, 2.05) is 0 Å². The van der Waals surface area contributed by atoms with E-state index in [1.165, 1.54) is 65.6 Å². The van der Waals surface area contributed by atoms with Crippen molar-refractivity contribution in [2.75, 3.05) is 0 Å². The molecule has 0 bridgehead atoms. The van der Waals surface area contributed by atoms with Crippen LogP contribution in [-0.2, 0) is 0 Å². The van der Waals surface area contributed by atoms with Crippen molar-refractivity contribution in [2.24, 2.45) is 0 Å². The number of hydrogen-bond acceptors (Lipinski definition) is 5. The Hall–Kier alpha value is -4.53. The SMILES string of the molecule is Cc1ccc(C(=O)O)c(-c2ccc(Oc3ccccc3F)c(-n3ccnn3)c2)c1C(=O)O. The second-order valence-electron chi connectivity index (χ2n) is 6.85. The highest BCUT2D eigenvalue weighted by Gasteiger charge is 2.23. The summed E-state index contributed by atoms with van der Waals surface area (Å²) in [5, 5.41) is 27.1. The van der Waals surface area contributed by atoms with Crippen molar-refractivity contribution in [3.05, 3.63) is 89.5 Å². The third-order valence-corrected chi connectivity index (χ3v) is 4.83. The maximum atomic E-state index is 14.1. The fourth-order valence-electron chi connectivity index (χ4n) is 3.38. The van der Waals surface area contributed by atoms with E-state index >= 15 is 0 Å². The molecule has 9 heteroatoms. The van der Waals surface area contributed by atoms with Crippen molar-refractivity contribution in [2.45, 2.75) is 6.92 Å². The predicted octanol–water partition coefficient (Wildman–Crippen LogP) is 4.57. The Morgan fingerprint density at radius 2 is 1.78 bits per heavy atom. The third-order valence-electron chi connectivity index (χ3n) is 4.83. The van der Waals surface area contributed by atoms with Crippen molar-refractivity contribution in [3.63, 3.8) is 0 Å². The molecular weight excluding hydrogens is 417 g/mol. The second kappa shape index (κ2) is 8.31. The van der Waals surface area contributed by atoms with Gasteiger partial charge in [0.25, 0.3) is 0 Å². The molecule has 4 aromatic rings. The fraction of sp³-hybridized carbons (Fsp3) is 0.0435. The zero-order valence-electron chi connectivity index (χ0n) is 16.7. The smallest absolute Gasteiger partial charge is 0.336 e. The normalized spacial score (nSPS) is 10.7. The third kappa shape index (κ3) is 3.79. The van der Waals surface area contributed by atoms with Crippen LogP contribution < -0.4 is 4.74 Å². The Balaban J connectivity index is 1.95. The number of aromatic carboxylic acids is 2. The summed E-state index contributed by atoms with van der Waals surface area (Å²) in [4.78, 5) is 23.8. The number of halogens is 1. The molecule has 0 radical (unpaired) electrons. The molecule has 4 rings (SSSR count). The Kier molecular flexibility index (Phi) is 5.38. The highest BCUT2D eigenvalue weighted by atomic mass is 19.1. The lowest BCUT2D eigenvalue weighted by Crippen LogP contribution is -2.09. The van der Waals surface area contributed by atoms with Crippen molar-refractivity contribution in [3.8, 4) is 28.3 Å². The molecule has 32 heavy (non-hydrogen) atoms. The zero-order valence-corrected chi connectivity index (χ0v) is 16.7. The van der Waals surface area contributed by atoms with Crippen LogP contribution in [0.15, 0.2) is 67.0 Å². The summed E-state index contributed by atoms with van der Waals surface area (Å²) in [7, 11) is 0. The summed E-state index contributed by atoms with van der Waals surface area (Å²) in [6.07, 6.45) is 2.96. The lowest BCUT2D eigenvalue weighted by Gasteiger charge is -2.16. The van der Waals surface area contributed by atoms with E-state index in [2.05, 4.69) is 10.3 Å². The molecule has 0 atom stereocenters. The maximum Gasteiger partial charge on any atom is 0.336 e. The van der Waals surface area contributed by atoms with E-state index in [9.17, 15) is 24.2 Å². The van der Waals surface area contributed by atoms with Crippen LogP contribution in [0, 0.1) is 12.7 Å². The predicted molar refractivity (Wildman–Crippen MR) is 112 cm³/mol. The summed E-state index contributed by atoms with van der Waals surface area (Å²) in [5.41, 5.74) is 0.792. The minimum Gasteiger partial charge on any atom is -0.478 e. The molecule has 0 spiro atoms. The summed E-state index contributed by atoms with van der Waals surface area (Å²) in [5.74, 6) is -2.90. The number of aromatic nitrogens is 3. The van der Waals surface area contributed by atoms with E-state index in [1.54, 1.807) is 13.0 Å². The first-order chi connectivity index (χ1) is 15.4. The number of para-hydroxylation sites is 1. The molecule has 1 heterocycles. The molecule has 2 N–H and O–H groups in total. The van der Waals surface area contributed by atoms with Gasteiger partial charge in [0.1, 0.15) is 5.69 Å². The molecule has 8 nitrogen and oxygen atoms in total. The minimum absolute atomic E-state index is 0.0189. The molecule has 0 unspecified atom stereocenters. The van der Waals surface area contributed by atoms with E-state index in [0.29, 0.717) is 16.8 Å². The molecule has 0 saturated carbocycles. The Morgan fingerprint density at radius 3 is 2.44 bits per heavy atom. The lowest BCUT2D eigenvalue weighted by atomic mass is 9.91. The molecule has 1 aromatic heterocycles. The van der Waals surface area contributed by atoms with Crippen molar-refractivity contribution >= 4 is 11.9 Å². The number of rotatable bonds is 6. The molecule has 160 valence electrons. The van der Waals surface area contributed by atoms with Crippen LogP contribution >= 0.6 is 0 Å². The largest absolute Gasteiger partial charge is 0.478 e. The molecular formula is C23H16FN3O5. The highest BCUT2D eigenvalue weighted by molar-refractivity contribution is 6.06. The average molecular weight is 433 g/mol. The van der Waals surface area contributed by atoms with Crippen molar-refractivity contribution in [1.29, 1.82) is 0 Å². The fourth-order valence-corrected chi connectivity index (χ4v) is 3.38. The molecule has 0 aliphatic carbocycles. The summed E-state index contributed by atoms with van der Waals surface area (Å²) < 4.78 is 21.2. The number of ether oxygens (including phenoxy) is 1. The molecule has 0 fully saturated rings. The summed E-state index contributed by atoms with van der Waals surface area (Å²) in [6, 6.07) is 13.2. The average Bonchev–Trinajstić information content (AvgIpc) is 3.29. The zero-order chi connectivity index (χ0) is 22.8. The number of carboxylic acids is 2. The van der Waals surface area contributed by atoms with Crippen LogP contribution in [0.1, 0.15) is 26.3 Å². The van der Waals surface area contributed by atoms with Crippen LogP contribution in [0.2, 0.25) is 0 Å². The van der Waals surface area contributed by atoms with Gasteiger partial charge < -0.3 is 14.9 Å². The first kappa shape index (κ1) is 20.7. The Bertz CT molecular complexity index is 1340. The first-order valence-electron chi connectivity index (χ1n) is 9.40. The van der Waals surface area contributed by atoms with Gasteiger partial charge in [0.15, 0.2) is 17.3 Å². The standard InChI is InChI=1S/C23H16FN3O5/c1-13-6-8-15(22(28)29)21(20(13)23(30)31)14-7-9-19(17(12-14)27-11-10-25-26-27)32-18-5-3-2-4-16(18)24/h2-12H,1H3,(H,28,29)(H,30,31). The molecule has 0 aliphatic rings. The number of carboxylic acid groups (broad SMARTS) is 2. The van der Waals surface area contributed by atoms with Crippen LogP contribution in [0.25, 0.3) is 16.8 Å². The molecule has 0 amide bonds. The number of carbonyl (C=O) groups is 2. The number of aryl methyl sites for hydroxylation is 1. The molecule has 3 aromatic carbocycles. The van der Waals surface area contributed by atoms with Crippen LogP contribution in [-0.4, -0.2) is 37.1 Å². The molecule has 0 aliphatic heterocycles. The summed E-state index contributed by atoms with van der Waals surface area (Å²) in [6.45, 7) is 1.59. The van der Waals surface area contributed by atoms with Gasteiger partial charge in [0, 0.05) is 5.56 Å². The lowest BCUT2D eigenvalue weighted by molar-refractivity contribution is 0.0695. The number of benzene rings is 3. The van der Waals surface area contributed by atoms with Crippen molar-refractivity contribution < 1.29 is 28.9 Å². The maximum absolute atomic E-state index is 14.1. The van der Waals surface area contributed by atoms with Gasteiger partial charge in [0.05, 0.1) is 23.5 Å². The van der Waals surface area contributed by atoms with Gasteiger partial charge in [-0.05, 0) is 48.4 Å². The minimum atomic E-state index is -1.27. The molecule has 0 saturated heterocycles. The monoisotopic (exact) mass is 433 g/mol. The van der Waals surface area contributed by atoms with Crippen LogP contribution in [0.4, 0.5) is 4.39 Å².